The number of fused-ring (bicyclic) bond motifs is 1. The molecule has 0 saturated heterocycles. The minimum Gasteiger partial charge on any atom is -0.392 e. The molecular weight excluding hydrogens is 404 g/mol. The molecule has 1 aromatic rings. The van der Waals surface area contributed by atoms with Crippen LogP contribution in [-0.2, 0) is 4.79 Å². The van der Waals surface area contributed by atoms with Crippen LogP contribution >= 0.6 is 0 Å². The Labute approximate surface area is 191 Å². The van der Waals surface area contributed by atoms with Crippen molar-refractivity contribution >= 4 is 11.8 Å². The molecule has 7 heteroatoms. The molecule has 1 unspecified atom stereocenters. The van der Waals surface area contributed by atoms with Crippen molar-refractivity contribution in [3.8, 4) is 6.07 Å². The molecule has 2 N–H and O–H groups in total. The summed E-state index contributed by atoms with van der Waals surface area (Å²) in [6.07, 6.45) is 4.88. The van der Waals surface area contributed by atoms with Crippen molar-refractivity contribution in [2.45, 2.75) is 65.0 Å². The van der Waals surface area contributed by atoms with E-state index >= 15 is 0 Å². The maximum absolute atomic E-state index is 12.9. The number of carbonyl (C=O) groups excluding carboxylic acids is 2. The van der Waals surface area contributed by atoms with Gasteiger partial charge in [-0.1, -0.05) is 26.8 Å². The average Bonchev–Trinajstić information content (AvgIpc) is 2.79. The van der Waals surface area contributed by atoms with Gasteiger partial charge in [0.2, 0.25) is 5.91 Å². The summed E-state index contributed by atoms with van der Waals surface area (Å²) in [4.78, 5) is 31.4. The van der Waals surface area contributed by atoms with Crippen LogP contribution in [0, 0.1) is 40.4 Å². The maximum Gasteiger partial charge on any atom is 0.270 e. The van der Waals surface area contributed by atoms with E-state index in [1.807, 2.05) is 6.92 Å². The summed E-state index contributed by atoms with van der Waals surface area (Å²) in [5, 5.41) is 23.5. The van der Waals surface area contributed by atoms with Gasteiger partial charge in [0.15, 0.2) is 0 Å². The largest absolute Gasteiger partial charge is 0.392 e. The monoisotopic (exact) mass is 440 g/mol. The molecule has 0 aliphatic heterocycles. The summed E-state index contributed by atoms with van der Waals surface area (Å²) in [6, 6.07) is 7.32. The summed E-state index contributed by atoms with van der Waals surface area (Å²) < 4.78 is 0. The lowest BCUT2D eigenvalue weighted by Gasteiger charge is -2.56. The molecule has 0 radical (unpaired) electrons. The quantitative estimate of drug-likeness (QED) is 0.707. The molecule has 0 bridgehead atoms. The number of carbonyl (C=O) groups is 2. The molecule has 2 aliphatic carbocycles. The van der Waals surface area contributed by atoms with Gasteiger partial charge in [-0.05, 0) is 61.0 Å². The number of nitriles is 1. The number of hydrogen-bond acceptors (Lipinski definition) is 5. The van der Waals surface area contributed by atoms with Gasteiger partial charge in [-0.3, -0.25) is 14.6 Å². The van der Waals surface area contributed by atoms with Gasteiger partial charge in [0, 0.05) is 31.7 Å². The lowest BCUT2D eigenvalue weighted by molar-refractivity contribution is -0.149. The molecule has 7 atom stereocenters. The van der Waals surface area contributed by atoms with Crippen LogP contribution in [-0.4, -0.2) is 52.5 Å². The lowest BCUT2D eigenvalue weighted by Crippen LogP contribution is -2.58. The molecule has 3 rings (SSSR count). The van der Waals surface area contributed by atoms with Crippen LogP contribution in [0.15, 0.2) is 24.4 Å². The van der Waals surface area contributed by atoms with Gasteiger partial charge in [-0.15, -0.1) is 0 Å². The Morgan fingerprint density at radius 3 is 2.75 bits per heavy atom. The highest BCUT2D eigenvalue weighted by Crippen LogP contribution is 2.55. The van der Waals surface area contributed by atoms with E-state index in [1.165, 1.54) is 0 Å². The van der Waals surface area contributed by atoms with Crippen molar-refractivity contribution in [2.24, 2.45) is 29.1 Å². The van der Waals surface area contributed by atoms with E-state index in [0.717, 1.165) is 25.7 Å². The van der Waals surface area contributed by atoms with Gasteiger partial charge >= 0.3 is 0 Å². The fourth-order valence-electron chi connectivity index (χ4n) is 6.10. The van der Waals surface area contributed by atoms with Gasteiger partial charge in [-0.2, -0.15) is 5.26 Å². The molecule has 0 spiro atoms. The van der Waals surface area contributed by atoms with Gasteiger partial charge < -0.3 is 15.3 Å². The van der Waals surface area contributed by atoms with Crippen LogP contribution in [0.2, 0.25) is 0 Å². The normalized spacial score (nSPS) is 32.8. The van der Waals surface area contributed by atoms with E-state index in [-0.39, 0.29) is 46.9 Å². The van der Waals surface area contributed by atoms with Crippen molar-refractivity contribution in [3.63, 3.8) is 0 Å². The summed E-state index contributed by atoms with van der Waals surface area (Å²) in [5.41, 5.74) is 0.395. The Hall–Kier alpha value is -2.46. The molecule has 2 aliphatic rings. The molecule has 2 fully saturated rings. The highest BCUT2D eigenvalue weighted by Gasteiger charge is 2.54. The van der Waals surface area contributed by atoms with E-state index in [0.29, 0.717) is 18.7 Å². The second-order valence-corrected chi connectivity index (χ2v) is 10.0. The first-order chi connectivity index (χ1) is 15.2. The number of aromatic nitrogens is 1. The third-order valence-electron chi connectivity index (χ3n) is 8.07. The summed E-state index contributed by atoms with van der Waals surface area (Å²) >= 11 is 0. The van der Waals surface area contributed by atoms with Crippen molar-refractivity contribution < 1.29 is 14.7 Å². The van der Waals surface area contributed by atoms with Crippen molar-refractivity contribution in [1.29, 1.82) is 5.26 Å². The number of aliphatic hydroxyl groups is 1. The first kappa shape index (κ1) is 24.2. The number of amides is 2. The van der Waals surface area contributed by atoms with Crippen LogP contribution in [0.25, 0.3) is 0 Å². The van der Waals surface area contributed by atoms with E-state index in [4.69, 9.17) is 5.26 Å². The molecule has 7 nitrogen and oxygen atoms in total. The summed E-state index contributed by atoms with van der Waals surface area (Å²) in [7, 11) is 1.72. The Morgan fingerprint density at radius 2 is 2.09 bits per heavy atom. The fraction of sp³-hybridized carbons (Fsp3) is 0.680. The first-order valence-corrected chi connectivity index (χ1v) is 11.7. The van der Waals surface area contributed by atoms with Crippen LogP contribution in [0.5, 0.6) is 0 Å². The predicted molar refractivity (Wildman–Crippen MR) is 121 cm³/mol. The van der Waals surface area contributed by atoms with Crippen molar-refractivity contribution in [3.05, 3.63) is 30.1 Å². The van der Waals surface area contributed by atoms with Gasteiger partial charge in [0.1, 0.15) is 5.69 Å². The Bertz CT molecular complexity index is 854. The topological polar surface area (TPSA) is 106 Å². The number of pyridine rings is 1. The highest BCUT2D eigenvalue weighted by atomic mass is 16.3. The third-order valence-corrected chi connectivity index (χ3v) is 8.07. The van der Waals surface area contributed by atoms with Crippen LogP contribution in [0.1, 0.15) is 63.4 Å². The summed E-state index contributed by atoms with van der Waals surface area (Å²) in [5.74, 6) is -0.555. The minimum absolute atomic E-state index is 0.00294. The molecule has 2 amide bonds. The number of nitrogens with zero attached hydrogens (tertiary/aromatic N) is 3. The zero-order chi connectivity index (χ0) is 23.5. The second-order valence-electron chi connectivity index (χ2n) is 10.0. The van der Waals surface area contributed by atoms with Gasteiger partial charge in [0.25, 0.3) is 5.91 Å². The smallest absolute Gasteiger partial charge is 0.270 e. The predicted octanol–water partition coefficient (Wildman–Crippen LogP) is 3.01. The summed E-state index contributed by atoms with van der Waals surface area (Å²) in [6.45, 7) is 6.66. The van der Waals surface area contributed by atoms with E-state index < -0.39 is 6.10 Å². The third kappa shape index (κ3) is 4.80. The molecule has 0 aromatic carbocycles. The number of hydrogen-bond donors (Lipinski definition) is 2. The fourth-order valence-corrected chi connectivity index (χ4v) is 6.10. The van der Waals surface area contributed by atoms with Gasteiger partial charge in [-0.25, -0.2) is 0 Å². The SMILES string of the molecule is C[C@H]1[C@@H]2[C@@H](O)C([C@H](C)C(=O)N(C)CCC#N)CC[C@@]2(C)CC[C@@H]1NC(=O)c1ccccn1. The van der Waals surface area contributed by atoms with Crippen molar-refractivity contribution in [1.82, 2.24) is 15.2 Å². The zero-order valence-electron chi connectivity index (χ0n) is 19.6. The second kappa shape index (κ2) is 9.99. The molecule has 174 valence electrons. The first-order valence-electron chi connectivity index (χ1n) is 11.7. The molecule has 32 heavy (non-hydrogen) atoms. The molecule has 2 saturated carbocycles. The molecule has 1 aromatic heterocycles. The Morgan fingerprint density at radius 1 is 1.38 bits per heavy atom. The average molecular weight is 441 g/mol. The number of aliphatic hydroxyl groups excluding tert-OH is 1. The van der Waals surface area contributed by atoms with Crippen molar-refractivity contribution in [2.75, 3.05) is 13.6 Å². The van der Waals surface area contributed by atoms with Gasteiger partial charge in [0.05, 0.1) is 18.6 Å². The molecule has 1 heterocycles. The van der Waals surface area contributed by atoms with Crippen LogP contribution in [0.3, 0.4) is 0 Å². The number of rotatable bonds is 6. The zero-order valence-corrected chi connectivity index (χ0v) is 19.6. The number of nitrogens with one attached hydrogen (secondary N) is 1. The molecular formula is C25H36N4O3. The highest BCUT2D eigenvalue weighted by molar-refractivity contribution is 5.92. The van der Waals surface area contributed by atoms with Crippen LogP contribution < -0.4 is 5.32 Å². The van der Waals surface area contributed by atoms with Crippen LogP contribution in [0.4, 0.5) is 0 Å². The standard InChI is InChI=1S/C25H36N4O3/c1-16(24(32)29(4)15-7-13-26)18-9-11-25(3)12-10-19(17(2)21(25)22(18)30)28-23(31)20-8-5-6-14-27-20/h5-6,8,14,16-19,21-22,30H,7,9-12,15H2,1-4H3,(H,28,31)/t16-,17+,18?,19-,21+,22-,25-/m0/s1. The van der Waals surface area contributed by atoms with E-state index in [2.05, 4.69) is 30.2 Å². The Kier molecular flexibility index (Phi) is 7.55. The minimum atomic E-state index is -0.610. The Balaban J connectivity index is 1.73. The lowest BCUT2D eigenvalue weighted by atomic mass is 9.51. The van der Waals surface area contributed by atoms with E-state index in [9.17, 15) is 14.7 Å². The maximum atomic E-state index is 12.9. The van der Waals surface area contributed by atoms with E-state index in [1.54, 1.807) is 36.3 Å².